The second kappa shape index (κ2) is 59.3. The van der Waals surface area contributed by atoms with Crippen LogP contribution in [0.3, 0.4) is 0 Å². The fraction of sp³-hybridized carbons (Fsp3) is 0.945. The van der Waals surface area contributed by atoms with Crippen LogP contribution < -0.4 is 21.3 Å². The third-order valence-electron chi connectivity index (χ3n) is 12.2. The zero-order chi connectivity index (χ0) is 46.4. The quantitative estimate of drug-likeness (QED) is 0.0388. The molecule has 0 aliphatic heterocycles. The van der Waals surface area contributed by atoms with Gasteiger partial charge < -0.3 is 31.3 Å². The summed E-state index contributed by atoms with van der Waals surface area (Å²) in [6, 6.07) is 0. The van der Waals surface area contributed by atoms with Crippen LogP contribution in [0.25, 0.3) is 0 Å². The molecule has 5 N–H and O–H groups in total. The maximum Gasteiger partial charge on any atom is 0.221 e. The van der Waals surface area contributed by atoms with E-state index in [2.05, 4.69) is 53.9 Å². The Morgan fingerprint density at radius 1 is 0.328 bits per heavy atom. The largest absolute Gasteiger partial charge is 0.396 e. The molecule has 0 aromatic heterocycles. The minimum absolute atomic E-state index is 0. The van der Waals surface area contributed by atoms with Crippen LogP contribution in [0.1, 0.15) is 279 Å². The van der Waals surface area contributed by atoms with Crippen LogP contribution in [-0.4, -0.2) is 86.7 Å². The van der Waals surface area contributed by atoms with Gasteiger partial charge in [0.15, 0.2) is 0 Å². The van der Waals surface area contributed by atoms with Crippen molar-refractivity contribution in [1.29, 1.82) is 0 Å². The molecule has 384 valence electrons. The number of carbonyl (C=O) groups excluding carboxylic acids is 3. The number of amides is 3. The molecule has 3 amide bonds. The molecule has 64 heavy (non-hydrogen) atoms. The van der Waals surface area contributed by atoms with Gasteiger partial charge in [-0.05, 0) is 51.6 Å². The molecule has 0 aliphatic carbocycles. The summed E-state index contributed by atoms with van der Waals surface area (Å²) < 4.78 is 0. The first kappa shape index (κ1) is 66.6. The van der Waals surface area contributed by atoms with Gasteiger partial charge in [-0.1, -0.05) is 221 Å². The summed E-state index contributed by atoms with van der Waals surface area (Å²) in [6.07, 6.45) is 46.3. The van der Waals surface area contributed by atoms with Gasteiger partial charge in [0.2, 0.25) is 17.7 Å². The van der Waals surface area contributed by atoms with E-state index in [-0.39, 0.29) is 31.8 Å². The minimum Gasteiger partial charge on any atom is -0.396 e. The fourth-order valence-corrected chi connectivity index (χ4v) is 7.91. The number of hydrogen-bond acceptors (Lipinski definition) is 6. The second-order valence-corrected chi connectivity index (χ2v) is 18.6. The summed E-state index contributed by atoms with van der Waals surface area (Å²) in [7, 11) is 0. The highest BCUT2D eigenvalue weighted by Gasteiger charge is 2.11. The zero-order valence-electron chi connectivity index (χ0n) is 42.9. The maximum absolute atomic E-state index is 12.3. The van der Waals surface area contributed by atoms with Gasteiger partial charge in [0.05, 0.1) is 0 Å². The van der Waals surface area contributed by atoms with Gasteiger partial charge in [0, 0.05) is 65.1 Å². The first-order valence-electron chi connectivity index (χ1n) is 27.8. The van der Waals surface area contributed by atoms with Crippen molar-refractivity contribution >= 4 is 17.7 Å². The zero-order valence-corrected chi connectivity index (χ0v) is 42.9. The molecule has 0 unspecified atom stereocenters. The molecule has 0 aromatic rings. The summed E-state index contributed by atoms with van der Waals surface area (Å²) in [5, 5.41) is 21.6. The highest BCUT2D eigenvalue weighted by molar-refractivity contribution is 5.77. The van der Waals surface area contributed by atoms with Gasteiger partial charge >= 0.3 is 0 Å². The molecule has 0 saturated carbocycles. The smallest absolute Gasteiger partial charge is 0.221 e. The Labute approximate surface area is 400 Å². The Kier molecular flexibility index (Phi) is 61.7. The molecule has 0 spiro atoms. The third-order valence-corrected chi connectivity index (χ3v) is 12.2. The number of hydrogen-bond donors (Lipinski definition) is 5. The van der Waals surface area contributed by atoms with E-state index in [0.717, 1.165) is 71.4 Å². The van der Waals surface area contributed by atoms with E-state index >= 15 is 0 Å². The molecule has 9 nitrogen and oxygen atoms in total. The van der Waals surface area contributed by atoms with Gasteiger partial charge in [-0.15, -0.1) is 0 Å². The Morgan fingerprint density at radius 3 is 0.938 bits per heavy atom. The molecule has 0 radical (unpaired) electrons. The molecule has 0 bridgehead atoms. The number of nitrogens with zero attached hydrogens (tertiary/aromatic N) is 1. The maximum atomic E-state index is 12.3. The summed E-state index contributed by atoms with van der Waals surface area (Å²) in [6.45, 7) is 15.6. The van der Waals surface area contributed by atoms with Crippen LogP contribution in [0, 0.1) is 0 Å². The molecule has 0 aliphatic rings. The number of nitrogens with one attached hydrogen (secondary N) is 4. The van der Waals surface area contributed by atoms with Crippen LogP contribution in [0.4, 0.5) is 0 Å². The predicted octanol–water partition coefficient (Wildman–Crippen LogP) is 13.7. The number of unbranched alkanes of at least 4 members (excludes halogenated alkanes) is 30. The fourth-order valence-electron chi connectivity index (χ4n) is 7.91. The van der Waals surface area contributed by atoms with Gasteiger partial charge in [-0.25, -0.2) is 0 Å². The van der Waals surface area contributed by atoms with Crippen LogP contribution in [0.2, 0.25) is 0 Å². The topological polar surface area (TPSA) is 123 Å². The van der Waals surface area contributed by atoms with E-state index in [0.29, 0.717) is 32.4 Å². The molecule has 0 atom stereocenters. The van der Waals surface area contributed by atoms with Crippen LogP contribution in [-0.2, 0) is 14.4 Å². The van der Waals surface area contributed by atoms with Crippen LogP contribution in [0.15, 0.2) is 0 Å². The van der Waals surface area contributed by atoms with Crippen molar-refractivity contribution in [3.8, 4) is 0 Å². The van der Waals surface area contributed by atoms with E-state index < -0.39 is 0 Å². The molecular weight excluding hydrogens is 795 g/mol. The Hall–Kier alpha value is -1.71. The lowest BCUT2D eigenvalue weighted by Gasteiger charge is -2.22. The van der Waals surface area contributed by atoms with Crippen molar-refractivity contribution in [3.63, 3.8) is 0 Å². The normalized spacial score (nSPS) is 11.0. The van der Waals surface area contributed by atoms with Crippen molar-refractivity contribution in [3.05, 3.63) is 0 Å². The highest BCUT2D eigenvalue weighted by Crippen LogP contribution is 2.13. The number of rotatable bonds is 50. The first-order valence-corrected chi connectivity index (χ1v) is 27.8. The van der Waals surface area contributed by atoms with E-state index in [1.54, 1.807) is 0 Å². The Morgan fingerprint density at radius 2 is 0.609 bits per heavy atom. The highest BCUT2D eigenvalue weighted by atomic mass is 16.3. The number of carbonyl (C=O) groups is 3. The molecule has 0 rings (SSSR count). The molecule has 0 saturated heterocycles. The lowest BCUT2D eigenvalue weighted by Crippen LogP contribution is -2.35. The summed E-state index contributed by atoms with van der Waals surface area (Å²) in [4.78, 5) is 38.5. The van der Waals surface area contributed by atoms with Gasteiger partial charge in [-0.3, -0.25) is 14.4 Å². The van der Waals surface area contributed by atoms with Crippen LogP contribution >= 0.6 is 0 Å². The van der Waals surface area contributed by atoms with Crippen molar-refractivity contribution < 1.29 is 19.5 Å². The SMILES string of the molecule is C.CCCCCCCCCCCCNC(=O)CCN(CCCCO)CCC(=O)NCCCCCCCCCCCC.CCCCCCCCCCCCNC(=O)CCNCCCCC. The number of aliphatic hydroxyl groups is 1. The average Bonchev–Trinajstić information content (AvgIpc) is 3.28. The van der Waals surface area contributed by atoms with E-state index in [4.69, 9.17) is 5.11 Å². The van der Waals surface area contributed by atoms with Crippen molar-refractivity contribution in [1.82, 2.24) is 26.2 Å². The first-order chi connectivity index (χ1) is 30.9. The monoisotopic (exact) mass is 910 g/mol. The lowest BCUT2D eigenvalue weighted by atomic mass is 10.1. The van der Waals surface area contributed by atoms with Crippen molar-refractivity contribution in [2.24, 2.45) is 0 Å². The van der Waals surface area contributed by atoms with E-state index in [1.807, 2.05) is 0 Å². The third kappa shape index (κ3) is 58.3. The molecule has 0 aromatic carbocycles. The average molecular weight is 911 g/mol. The van der Waals surface area contributed by atoms with Gasteiger partial charge in [0.25, 0.3) is 0 Å². The van der Waals surface area contributed by atoms with Crippen LogP contribution in [0.5, 0.6) is 0 Å². The summed E-state index contributed by atoms with van der Waals surface area (Å²) in [5.74, 6) is 0.408. The van der Waals surface area contributed by atoms with Crippen molar-refractivity contribution in [2.75, 3.05) is 59.0 Å². The number of aliphatic hydroxyl groups excluding tert-OH is 1. The molecule has 9 heteroatoms. The molecule has 0 fully saturated rings. The molecule has 0 heterocycles. The van der Waals surface area contributed by atoms with Gasteiger partial charge in [0.1, 0.15) is 0 Å². The van der Waals surface area contributed by atoms with E-state index in [1.165, 1.54) is 193 Å². The Balaban J connectivity index is -0.00000132. The summed E-state index contributed by atoms with van der Waals surface area (Å²) >= 11 is 0. The second-order valence-electron chi connectivity index (χ2n) is 18.6. The van der Waals surface area contributed by atoms with Gasteiger partial charge in [-0.2, -0.15) is 0 Å². The van der Waals surface area contributed by atoms with Crippen molar-refractivity contribution in [2.45, 2.75) is 279 Å². The summed E-state index contributed by atoms with van der Waals surface area (Å²) in [5.41, 5.74) is 0. The predicted molar refractivity (Wildman–Crippen MR) is 280 cm³/mol. The molecular formula is C55H115N5O4. The Bertz CT molecular complexity index is 881. The lowest BCUT2D eigenvalue weighted by molar-refractivity contribution is -0.122. The van der Waals surface area contributed by atoms with E-state index in [9.17, 15) is 14.4 Å². The standard InChI is InChI=1S/C34H69N3O3.C20H42N2O.CH4/c1-3-5-7-9-11-13-15-17-19-21-27-35-33(39)25-30-37(29-23-24-32-38)31-26-34(40)36-28-22-20-18-16-14-12-10-8-6-4-2;1-3-5-7-8-9-10-11-12-13-15-18-22-20(23)16-19-21-17-14-6-4-2;/h38H,3-32H2,1-2H3,(H,35,39)(H,36,40);21H,3-19H2,1-2H3,(H,22,23);1H4. The minimum atomic E-state index is 0.